The maximum absolute atomic E-state index is 5.87. The lowest BCUT2D eigenvalue weighted by molar-refractivity contribution is 0.569. The second-order valence-electron chi connectivity index (χ2n) is 17.5. The van der Waals surface area contributed by atoms with Gasteiger partial charge < -0.3 is 0 Å². The molecule has 1 aliphatic rings. The van der Waals surface area contributed by atoms with Crippen LogP contribution in [0.15, 0.2) is 231 Å². The van der Waals surface area contributed by atoms with Crippen LogP contribution in [0.2, 0.25) is 0 Å². The average Bonchev–Trinajstić information content (AvgIpc) is 3.39. The summed E-state index contributed by atoms with van der Waals surface area (Å²) in [6.07, 6.45) is 0. The molecule has 0 bridgehead atoms. The second-order valence-corrected chi connectivity index (χ2v) is 17.5. The Morgan fingerprint density at radius 1 is 0.288 bits per heavy atom. The highest BCUT2D eigenvalue weighted by Gasteiger charge is 2.54. The van der Waals surface area contributed by atoms with Gasteiger partial charge in [-0.25, -0.2) is 19.9 Å². The molecular formula is C62H44N4. The Kier molecular flexibility index (Phi) is 9.35. The topological polar surface area (TPSA) is 51.6 Å². The lowest BCUT2D eigenvalue weighted by atomic mass is 9.53. The normalized spacial score (nSPS) is 16.5. The number of fused-ring (bicyclic) bond motifs is 4. The fourth-order valence-corrected chi connectivity index (χ4v) is 10.6. The standard InChI is InChI=1S/C62H44N4/c1-41-21-15-16-30-48(41)62(60-58(45-28-13-6-14-29-45)64-56-40-47(36-38-54(56)66-60)43-24-9-4-10-25-43)51-33-19-17-31-49(51)61(2,50-32-18-20-34-52(50)62)59-57(44-26-11-5-12-27-44)63-55-39-46(35-37-53(55)65-59)42-22-7-3-8-23-42/h3-40H,1-2H3. The molecule has 2 heterocycles. The van der Waals surface area contributed by atoms with Gasteiger partial charge in [0.05, 0.1) is 55.7 Å². The van der Waals surface area contributed by atoms with Crippen LogP contribution in [0.3, 0.4) is 0 Å². The Balaban J connectivity index is 1.19. The lowest BCUT2D eigenvalue weighted by Gasteiger charge is -2.49. The summed E-state index contributed by atoms with van der Waals surface area (Å²) >= 11 is 0. The van der Waals surface area contributed by atoms with E-state index >= 15 is 0 Å². The smallest absolute Gasteiger partial charge is 0.0941 e. The fraction of sp³-hybridized carbons (Fsp3) is 0.0645. The maximum atomic E-state index is 5.87. The number of nitrogens with zero attached hydrogens (tertiary/aromatic N) is 4. The minimum absolute atomic E-state index is 0.772. The van der Waals surface area contributed by atoms with E-state index in [1.54, 1.807) is 0 Å². The highest BCUT2D eigenvalue weighted by molar-refractivity contribution is 5.88. The van der Waals surface area contributed by atoms with Crippen LogP contribution in [0.4, 0.5) is 0 Å². The van der Waals surface area contributed by atoms with Gasteiger partial charge in [-0.1, -0.05) is 206 Å². The Morgan fingerprint density at radius 2 is 0.652 bits per heavy atom. The van der Waals surface area contributed by atoms with E-state index in [4.69, 9.17) is 19.9 Å². The zero-order chi connectivity index (χ0) is 44.2. The van der Waals surface area contributed by atoms with Crippen molar-refractivity contribution in [2.45, 2.75) is 24.7 Å². The Hall–Kier alpha value is -8.34. The first-order valence-electron chi connectivity index (χ1n) is 22.6. The molecule has 2 aromatic heterocycles. The van der Waals surface area contributed by atoms with E-state index in [-0.39, 0.29) is 0 Å². The van der Waals surface area contributed by atoms with Gasteiger partial charge in [0.1, 0.15) is 0 Å². The van der Waals surface area contributed by atoms with Crippen LogP contribution in [-0.4, -0.2) is 19.9 Å². The second kappa shape index (κ2) is 15.7. The molecule has 0 saturated carbocycles. The van der Waals surface area contributed by atoms with Gasteiger partial charge in [-0.05, 0) is 93.7 Å². The van der Waals surface area contributed by atoms with Crippen LogP contribution >= 0.6 is 0 Å². The maximum Gasteiger partial charge on any atom is 0.0941 e. The Bertz CT molecular complexity index is 3560. The zero-order valence-corrected chi connectivity index (χ0v) is 36.7. The Morgan fingerprint density at radius 3 is 1.11 bits per heavy atom. The highest BCUT2D eigenvalue weighted by atomic mass is 14.9. The first-order chi connectivity index (χ1) is 32.5. The molecule has 0 fully saturated rings. The molecule has 0 atom stereocenters. The molecule has 11 aromatic rings. The molecule has 0 aliphatic heterocycles. The van der Waals surface area contributed by atoms with Crippen LogP contribution in [0.25, 0.3) is 66.8 Å². The summed E-state index contributed by atoms with van der Waals surface area (Å²) in [5, 5.41) is 0. The number of hydrogen-bond acceptors (Lipinski definition) is 4. The summed E-state index contributed by atoms with van der Waals surface area (Å²) in [6.45, 7) is 4.58. The van der Waals surface area contributed by atoms with Crippen molar-refractivity contribution in [2.24, 2.45) is 0 Å². The quantitative estimate of drug-likeness (QED) is 0.160. The van der Waals surface area contributed by atoms with Gasteiger partial charge in [0.25, 0.3) is 0 Å². The first kappa shape index (κ1) is 39.3. The zero-order valence-electron chi connectivity index (χ0n) is 36.7. The molecule has 4 heteroatoms. The third kappa shape index (κ3) is 6.13. The van der Waals surface area contributed by atoms with E-state index in [1.807, 2.05) is 0 Å². The molecule has 0 N–H and O–H groups in total. The number of rotatable bonds is 7. The van der Waals surface area contributed by atoms with Gasteiger partial charge in [-0.3, -0.25) is 0 Å². The van der Waals surface area contributed by atoms with Crippen molar-refractivity contribution < 1.29 is 0 Å². The molecule has 4 nitrogen and oxygen atoms in total. The summed E-state index contributed by atoms with van der Waals surface area (Å²) in [4.78, 5) is 22.9. The van der Waals surface area contributed by atoms with Crippen molar-refractivity contribution >= 4 is 22.1 Å². The number of benzene rings is 9. The van der Waals surface area contributed by atoms with Crippen LogP contribution in [0.5, 0.6) is 0 Å². The van der Waals surface area contributed by atoms with Crippen LogP contribution in [-0.2, 0) is 10.8 Å². The molecule has 312 valence electrons. The third-order valence-corrected chi connectivity index (χ3v) is 13.8. The van der Waals surface area contributed by atoms with E-state index in [2.05, 4.69) is 244 Å². The molecule has 0 unspecified atom stereocenters. The first-order valence-corrected chi connectivity index (χ1v) is 22.6. The van der Waals surface area contributed by atoms with Gasteiger partial charge in [0.2, 0.25) is 0 Å². The van der Waals surface area contributed by atoms with Gasteiger partial charge in [-0.2, -0.15) is 0 Å². The van der Waals surface area contributed by atoms with Gasteiger partial charge in [0, 0.05) is 11.1 Å². The predicted molar refractivity (Wildman–Crippen MR) is 269 cm³/mol. The number of aryl methyl sites for hydroxylation is 1. The summed E-state index contributed by atoms with van der Waals surface area (Å²) < 4.78 is 0. The molecule has 0 saturated heterocycles. The van der Waals surface area contributed by atoms with Crippen molar-refractivity contribution in [1.29, 1.82) is 0 Å². The van der Waals surface area contributed by atoms with Gasteiger partial charge in [0.15, 0.2) is 0 Å². The average molecular weight is 845 g/mol. The molecule has 1 aliphatic carbocycles. The highest BCUT2D eigenvalue weighted by Crippen LogP contribution is 2.59. The molecule has 0 radical (unpaired) electrons. The molecule has 0 spiro atoms. The summed E-state index contributed by atoms with van der Waals surface area (Å²) in [7, 11) is 0. The summed E-state index contributed by atoms with van der Waals surface area (Å²) in [6, 6.07) is 81.8. The molecule has 9 aromatic carbocycles. The summed E-state index contributed by atoms with van der Waals surface area (Å²) in [5.74, 6) is 0. The van der Waals surface area contributed by atoms with Gasteiger partial charge >= 0.3 is 0 Å². The fourth-order valence-electron chi connectivity index (χ4n) is 10.6. The summed E-state index contributed by atoms with van der Waals surface area (Å²) in [5.41, 5.74) is 18.5. The Labute approximate surface area is 385 Å². The molecule has 66 heavy (non-hydrogen) atoms. The van der Waals surface area contributed by atoms with Crippen molar-refractivity contribution in [3.8, 4) is 44.8 Å². The SMILES string of the molecule is Cc1ccccc1C1(c2nc3ccc(-c4ccccc4)cc3nc2-c2ccccc2)c2ccccc2C(C)(c2nc3ccc(-c4ccccc4)cc3nc2-c2ccccc2)c2ccccc21. The largest absolute Gasteiger partial charge is 0.248 e. The van der Waals surface area contributed by atoms with E-state index in [0.717, 1.165) is 112 Å². The molecule has 0 amide bonds. The monoisotopic (exact) mass is 844 g/mol. The minimum Gasteiger partial charge on any atom is -0.248 e. The molecule has 12 rings (SSSR count). The van der Waals surface area contributed by atoms with E-state index in [9.17, 15) is 0 Å². The van der Waals surface area contributed by atoms with E-state index in [1.165, 1.54) is 0 Å². The molecular weight excluding hydrogens is 801 g/mol. The minimum atomic E-state index is -0.912. The van der Waals surface area contributed by atoms with Crippen LogP contribution < -0.4 is 0 Å². The van der Waals surface area contributed by atoms with Crippen LogP contribution in [0.1, 0.15) is 51.7 Å². The van der Waals surface area contributed by atoms with Gasteiger partial charge in [-0.15, -0.1) is 0 Å². The third-order valence-electron chi connectivity index (χ3n) is 13.8. The van der Waals surface area contributed by atoms with Crippen LogP contribution in [0, 0.1) is 6.92 Å². The van der Waals surface area contributed by atoms with Crippen molar-refractivity contribution in [3.63, 3.8) is 0 Å². The van der Waals surface area contributed by atoms with Crippen molar-refractivity contribution in [2.75, 3.05) is 0 Å². The van der Waals surface area contributed by atoms with Crippen molar-refractivity contribution in [3.05, 3.63) is 275 Å². The number of hydrogen-bond donors (Lipinski definition) is 0. The van der Waals surface area contributed by atoms with E-state index < -0.39 is 10.8 Å². The lowest BCUT2D eigenvalue weighted by Crippen LogP contribution is -2.45. The van der Waals surface area contributed by atoms with E-state index in [0.29, 0.717) is 0 Å². The van der Waals surface area contributed by atoms with Crippen molar-refractivity contribution in [1.82, 2.24) is 19.9 Å². The predicted octanol–water partition coefficient (Wildman–Crippen LogP) is 14.6. The number of aromatic nitrogens is 4.